The van der Waals surface area contributed by atoms with Gasteiger partial charge in [-0.3, -0.25) is 0 Å². The Balaban J connectivity index is 2.42. The van der Waals surface area contributed by atoms with E-state index in [0.29, 0.717) is 22.2 Å². The van der Waals surface area contributed by atoms with E-state index in [-0.39, 0.29) is 0 Å². The van der Waals surface area contributed by atoms with Gasteiger partial charge in [-0.05, 0) is 31.1 Å². The predicted octanol–water partition coefficient (Wildman–Crippen LogP) is 4.26. The van der Waals surface area contributed by atoms with E-state index in [0.717, 1.165) is 16.7 Å². The fraction of sp³-hybridized carbons (Fsp3) is 0.118. The average Bonchev–Trinajstić information content (AvgIpc) is 2.93. The highest BCUT2D eigenvalue weighted by Gasteiger charge is 2.19. The van der Waals surface area contributed by atoms with Gasteiger partial charge in [0.2, 0.25) is 0 Å². The van der Waals surface area contributed by atoms with Gasteiger partial charge in [0.05, 0.1) is 0 Å². The zero-order valence-corrected chi connectivity index (χ0v) is 13.0. The minimum atomic E-state index is 0.459. The number of hydrogen-bond donors (Lipinski definition) is 0. The number of nitriles is 1. The van der Waals surface area contributed by atoms with Crippen LogP contribution in [0.15, 0.2) is 36.4 Å². The molecule has 0 radical (unpaired) electrons. The first-order valence-corrected chi connectivity index (χ1v) is 7.22. The molecule has 108 valence electrons. The van der Waals surface area contributed by atoms with E-state index in [2.05, 4.69) is 16.2 Å². The van der Waals surface area contributed by atoms with Gasteiger partial charge in [-0.15, -0.1) is 5.10 Å². The molecule has 0 fully saturated rings. The largest absolute Gasteiger partial charge is 0.206 e. The molecule has 22 heavy (non-hydrogen) atoms. The molecule has 0 saturated carbocycles. The summed E-state index contributed by atoms with van der Waals surface area (Å²) in [7, 11) is 0. The van der Waals surface area contributed by atoms with E-state index in [1.54, 1.807) is 6.08 Å². The van der Waals surface area contributed by atoms with E-state index in [9.17, 15) is 5.26 Å². The molecule has 0 saturated heterocycles. The van der Waals surface area contributed by atoms with Gasteiger partial charge in [0.1, 0.15) is 16.8 Å². The molecule has 0 aliphatic carbocycles. The molecule has 5 heteroatoms. The highest BCUT2D eigenvalue weighted by atomic mass is 35.5. The molecule has 0 spiro atoms. The van der Waals surface area contributed by atoms with Crippen LogP contribution in [0.4, 0.5) is 0 Å². The quantitative estimate of drug-likeness (QED) is 0.665. The Kier molecular flexibility index (Phi) is 3.66. The normalized spacial score (nSPS) is 11.2. The number of allylic oxidation sites excluding steroid dienone is 1. The molecule has 0 bridgehead atoms. The van der Waals surface area contributed by atoms with Gasteiger partial charge >= 0.3 is 0 Å². The van der Waals surface area contributed by atoms with Crippen LogP contribution in [0.3, 0.4) is 0 Å². The summed E-state index contributed by atoms with van der Waals surface area (Å²) >= 11 is 6.55. The van der Waals surface area contributed by atoms with Gasteiger partial charge in [0.15, 0.2) is 11.5 Å². The van der Waals surface area contributed by atoms with Crippen molar-refractivity contribution in [1.29, 1.82) is 5.26 Å². The fourth-order valence-electron chi connectivity index (χ4n) is 2.47. The second-order valence-corrected chi connectivity index (χ2v) is 5.21. The minimum Gasteiger partial charge on any atom is -0.206 e. The highest BCUT2D eigenvalue weighted by Crippen LogP contribution is 2.34. The maximum Gasteiger partial charge on any atom is 0.175 e. The fourth-order valence-corrected chi connectivity index (χ4v) is 2.84. The SMILES string of the molecule is CC=Cc1nc2c(C#N)c(C)c(-c3ccccc3)c(Cl)n2n1. The van der Waals surface area contributed by atoms with Crippen molar-refractivity contribution in [3.05, 3.63) is 58.5 Å². The van der Waals surface area contributed by atoms with Crippen molar-refractivity contribution in [3.63, 3.8) is 0 Å². The van der Waals surface area contributed by atoms with Crippen LogP contribution >= 0.6 is 11.6 Å². The van der Waals surface area contributed by atoms with Gasteiger partial charge in [0.25, 0.3) is 0 Å². The van der Waals surface area contributed by atoms with Crippen LogP contribution in [-0.4, -0.2) is 14.6 Å². The molecule has 2 aromatic heterocycles. The maximum atomic E-state index is 9.53. The van der Waals surface area contributed by atoms with Crippen molar-refractivity contribution in [2.75, 3.05) is 0 Å². The first kappa shape index (κ1) is 14.3. The molecule has 3 aromatic rings. The monoisotopic (exact) mass is 308 g/mol. The van der Waals surface area contributed by atoms with E-state index in [1.165, 1.54) is 4.52 Å². The lowest BCUT2D eigenvalue weighted by Crippen LogP contribution is -2.00. The topological polar surface area (TPSA) is 54.0 Å². The lowest BCUT2D eigenvalue weighted by molar-refractivity contribution is 0.950. The molecule has 0 amide bonds. The number of benzene rings is 1. The van der Waals surface area contributed by atoms with Crippen LogP contribution < -0.4 is 0 Å². The summed E-state index contributed by atoms with van der Waals surface area (Å²) in [6.07, 6.45) is 3.63. The summed E-state index contributed by atoms with van der Waals surface area (Å²) in [6, 6.07) is 12.0. The van der Waals surface area contributed by atoms with E-state index in [4.69, 9.17) is 11.6 Å². The molecular weight excluding hydrogens is 296 g/mol. The third kappa shape index (κ3) is 2.16. The Labute approximate surface area is 133 Å². The van der Waals surface area contributed by atoms with Crippen LogP contribution in [0.25, 0.3) is 22.9 Å². The summed E-state index contributed by atoms with van der Waals surface area (Å²) in [5.74, 6) is 0.533. The van der Waals surface area contributed by atoms with Crippen LogP contribution in [0.2, 0.25) is 5.15 Å². The third-order valence-electron chi connectivity index (χ3n) is 3.48. The Bertz CT molecular complexity index is 917. The molecule has 3 rings (SSSR count). The molecule has 0 aliphatic heterocycles. The van der Waals surface area contributed by atoms with Gasteiger partial charge in [-0.25, -0.2) is 4.98 Å². The van der Waals surface area contributed by atoms with Gasteiger partial charge in [-0.2, -0.15) is 9.78 Å². The second kappa shape index (κ2) is 5.63. The van der Waals surface area contributed by atoms with Crippen LogP contribution in [0.1, 0.15) is 23.9 Å². The van der Waals surface area contributed by atoms with Crippen molar-refractivity contribution in [3.8, 4) is 17.2 Å². The Morgan fingerprint density at radius 3 is 2.64 bits per heavy atom. The molecule has 1 aromatic carbocycles. The zero-order valence-electron chi connectivity index (χ0n) is 12.2. The predicted molar refractivity (Wildman–Crippen MR) is 87.6 cm³/mol. The Morgan fingerprint density at radius 2 is 2.00 bits per heavy atom. The number of aromatic nitrogens is 3. The number of fused-ring (bicyclic) bond motifs is 1. The van der Waals surface area contributed by atoms with Gasteiger partial charge < -0.3 is 0 Å². The van der Waals surface area contributed by atoms with Crippen molar-refractivity contribution in [1.82, 2.24) is 14.6 Å². The lowest BCUT2D eigenvalue weighted by Gasteiger charge is -2.11. The number of hydrogen-bond acceptors (Lipinski definition) is 3. The third-order valence-corrected chi connectivity index (χ3v) is 3.83. The molecule has 0 N–H and O–H groups in total. The number of rotatable bonds is 2. The molecular formula is C17H13ClN4. The van der Waals surface area contributed by atoms with E-state index >= 15 is 0 Å². The number of halogens is 1. The molecule has 4 nitrogen and oxygen atoms in total. The van der Waals surface area contributed by atoms with Crippen molar-refractivity contribution in [2.24, 2.45) is 0 Å². The second-order valence-electron chi connectivity index (χ2n) is 4.85. The summed E-state index contributed by atoms with van der Waals surface area (Å²) in [5, 5.41) is 14.4. The average molecular weight is 309 g/mol. The van der Waals surface area contributed by atoms with Crippen molar-refractivity contribution < 1.29 is 0 Å². The van der Waals surface area contributed by atoms with Crippen LogP contribution in [-0.2, 0) is 0 Å². The molecule has 2 heterocycles. The summed E-state index contributed by atoms with van der Waals surface area (Å²) < 4.78 is 1.53. The first-order chi connectivity index (χ1) is 10.7. The highest BCUT2D eigenvalue weighted by molar-refractivity contribution is 6.32. The Hall–Kier alpha value is -2.64. The van der Waals surface area contributed by atoms with E-state index < -0.39 is 0 Å². The zero-order chi connectivity index (χ0) is 15.7. The molecule has 0 atom stereocenters. The smallest absolute Gasteiger partial charge is 0.175 e. The summed E-state index contributed by atoms with van der Waals surface area (Å²) in [6.45, 7) is 3.77. The maximum absolute atomic E-state index is 9.53. The summed E-state index contributed by atoms with van der Waals surface area (Å²) in [5.41, 5.74) is 3.55. The van der Waals surface area contributed by atoms with Crippen molar-refractivity contribution >= 4 is 23.3 Å². The molecule has 0 unspecified atom stereocenters. The van der Waals surface area contributed by atoms with Gasteiger partial charge in [-0.1, -0.05) is 48.0 Å². The lowest BCUT2D eigenvalue weighted by atomic mass is 9.99. The molecule has 0 aliphatic rings. The standard InChI is InChI=1S/C17H13ClN4/c1-3-7-14-20-17-13(10-19)11(2)15(16(18)22(17)21-14)12-8-5-4-6-9-12/h3-9H,1-2H3. The number of pyridine rings is 1. The minimum absolute atomic E-state index is 0.459. The van der Waals surface area contributed by atoms with Crippen molar-refractivity contribution in [2.45, 2.75) is 13.8 Å². The first-order valence-electron chi connectivity index (χ1n) is 6.84. The Morgan fingerprint density at radius 1 is 1.27 bits per heavy atom. The van der Waals surface area contributed by atoms with Crippen LogP contribution in [0.5, 0.6) is 0 Å². The number of nitrogens with zero attached hydrogens (tertiary/aromatic N) is 4. The van der Waals surface area contributed by atoms with Gasteiger partial charge in [0, 0.05) is 5.56 Å². The summed E-state index contributed by atoms with van der Waals surface area (Å²) in [4.78, 5) is 4.39. The van der Waals surface area contributed by atoms with Crippen LogP contribution in [0, 0.1) is 18.3 Å². The van der Waals surface area contributed by atoms with E-state index in [1.807, 2.05) is 50.3 Å².